The van der Waals surface area contributed by atoms with Crippen molar-refractivity contribution in [1.29, 1.82) is 0 Å². The van der Waals surface area contributed by atoms with Gasteiger partial charge in [-0.15, -0.1) is 0 Å². The van der Waals surface area contributed by atoms with Crippen LogP contribution in [0.25, 0.3) is 0 Å². The number of benzene rings is 1. The van der Waals surface area contributed by atoms with Crippen molar-refractivity contribution in [3.63, 3.8) is 0 Å². The molecule has 0 radical (unpaired) electrons. The molecule has 1 saturated carbocycles. The van der Waals surface area contributed by atoms with E-state index in [2.05, 4.69) is 42.2 Å². The first-order valence-corrected chi connectivity index (χ1v) is 8.26. The Bertz CT molecular complexity index is 419. The van der Waals surface area contributed by atoms with Crippen LogP contribution in [0.15, 0.2) is 30.3 Å². The van der Waals surface area contributed by atoms with E-state index in [1.807, 2.05) is 0 Å². The number of hydrogen-bond acceptors (Lipinski definition) is 2. The summed E-state index contributed by atoms with van der Waals surface area (Å²) < 4.78 is 0. The van der Waals surface area contributed by atoms with Gasteiger partial charge in [-0.2, -0.15) is 0 Å². The Balaban J connectivity index is 1.78. The fraction of sp³-hybridized carbons (Fsp3) is 0.667. The average molecular weight is 273 g/mol. The summed E-state index contributed by atoms with van der Waals surface area (Å²) in [6.07, 6.45) is 7.25. The summed E-state index contributed by atoms with van der Waals surface area (Å²) in [4.78, 5) is 2.66. The van der Waals surface area contributed by atoms with Crippen LogP contribution in [0.1, 0.15) is 57.1 Å². The fourth-order valence-corrected chi connectivity index (χ4v) is 4.26. The molecule has 2 nitrogen and oxygen atoms in total. The molecule has 2 fully saturated rings. The molecule has 1 heterocycles. The van der Waals surface area contributed by atoms with Crippen LogP contribution in [0.4, 0.5) is 0 Å². The number of likely N-dealkylation sites (tertiary alicyclic amines) is 1. The highest BCUT2D eigenvalue weighted by molar-refractivity contribution is 5.19. The van der Waals surface area contributed by atoms with Gasteiger partial charge in [-0.05, 0) is 44.7 Å². The van der Waals surface area contributed by atoms with E-state index in [1.165, 1.54) is 44.2 Å². The smallest absolute Gasteiger partial charge is 0.0583 e. The van der Waals surface area contributed by atoms with Gasteiger partial charge in [0, 0.05) is 18.0 Å². The average Bonchev–Trinajstić information content (AvgIpc) is 2.93. The van der Waals surface area contributed by atoms with Crippen LogP contribution < -0.4 is 0 Å². The molecule has 0 spiro atoms. The van der Waals surface area contributed by atoms with Crippen molar-refractivity contribution < 1.29 is 5.11 Å². The summed E-state index contributed by atoms with van der Waals surface area (Å²) in [6.45, 7) is 3.51. The summed E-state index contributed by atoms with van der Waals surface area (Å²) in [7, 11) is 0. The van der Waals surface area contributed by atoms with E-state index in [0.717, 1.165) is 6.42 Å². The van der Waals surface area contributed by atoms with E-state index in [0.29, 0.717) is 18.0 Å². The first-order chi connectivity index (χ1) is 9.77. The molecule has 1 N–H and O–H groups in total. The molecule has 1 aliphatic carbocycles. The zero-order valence-corrected chi connectivity index (χ0v) is 12.5. The lowest BCUT2D eigenvalue weighted by atomic mass is 9.86. The van der Waals surface area contributed by atoms with Crippen LogP contribution in [0.5, 0.6) is 0 Å². The molecule has 0 amide bonds. The number of piperidine rings is 1. The largest absolute Gasteiger partial charge is 0.393 e. The van der Waals surface area contributed by atoms with Crippen molar-refractivity contribution in [3.8, 4) is 0 Å². The van der Waals surface area contributed by atoms with Crippen molar-refractivity contribution in [2.45, 2.75) is 63.6 Å². The molecule has 1 aromatic rings. The Kier molecular flexibility index (Phi) is 4.42. The van der Waals surface area contributed by atoms with Crippen LogP contribution in [0, 0.1) is 5.92 Å². The van der Waals surface area contributed by atoms with Gasteiger partial charge in [-0.3, -0.25) is 4.90 Å². The highest BCUT2D eigenvalue weighted by atomic mass is 16.3. The maximum atomic E-state index is 10.3. The second kappa shape index (κ2) is 6.28. The number of aliphatic hydroxyl groups excluding tert-OH is 1. The van der Waals surface area contributed by atoms with Crippen LogP contribution >= 0.6 is 0 Å². The number of hydrogen-bond donors (Lipinski definition) is 1. The maximum absolute atomic E-state index is 10.3. The molecule has 4 atom stereocenters. The minimum atomic E-state index is -0.0661. The predicted molar refractivity (Wildman–Crippen MR) is 82.5 cm³/mol. The van der Waals surface area contributed by atoms with Crippen LogP contribution in [-0.4, -0.2) is 28.7 Å². The first-order valence-electron chi connectivity index (χ1n) is 8.26. The van der Waals surface area contributed by atoms with Crippen molar-refractivity contribution in [1.82, 2.24) is 4.90 Å². The topological polar surface area (TPSA) is 23.5 Å². The first kappa shape index (κ1) is 14.1. The Morgan fingerprint density at radius 3 is 2.55 bits per heavy atom. The molecule has 110 valence electrons. The Hall–Kier alpha value is -0.860. The number of nitrogens with zero attached hydrogens (tertiary/aromatic N) is 1. The van der Waals surface area contributed by atoms with E-state index in [1.54, 1.807) is 0 Å². The van der Waals surface area contributed by atoms with Gasteiger partial charge in [0.05, 0.1) is 6.10 Å². The molecule has 2 aliphatic rings. The van der Waals surface area contributed by atoms with Gasteiger partial charge in [-0.25, -0.2) is 0 Å². The SMILES string of the molecule is CC(c1ccccc1)N1CCCCC1C1CCCC1O. The van der Waals surface area contributed by atoms with Crippen molar-refractivity contribution >= 4 is 0 Å². The van der Waals surface area contributed by atoms with E-state index >= 15 is 0 Å². The second-order valence-corrected chi connectivity index (χ2v) is 6.55. The minimum absolute atomic E-state index is 0.0661. The van der Waals surface area contributed by atoms with Gasteiger partial charge >= 0.3 is 0 Å². The van der Waals surface area contributed by atoms with Crippen LogP contribution in [0.2, 0.25) is 0 Å². The van der Waals surface area contributed by atoms with Gasteiger partial charge in [0.25, 0.3) is 0 Å². The summed E-state index contributed by atoms with van der Waals surface area (Å²) >= 11 is 0. The van der Waals surface area contributed by atoms with Gasteiger partial charge < -0.3 is 5.11 Å². The third kappa shape index (κ3) is 2.77. The van der Waals surface area contributed by atoms with Crippen molar-refractivity contribution in [3.05, 3.63) is 35.9 Å². The summed E-state index contributed by atoms with van der Waals surface area (Å²) in [5.41, 5.74) is 1.41. The van der Waals surface area contributed by atoms with E-state index in [-0.39, 0.29) is 6.10 Å². The lowest BCUT2D eigenvalue weighted by Crippen LogP contribution is -2.47. The third-order valence-corrected chi connectivity index (χ3v) is 5.40. The highest BCUT2D eigenvalue weighted by Crippen LogP contribution is 2.38. The standard InChI is InChI=1S/C18H27NO/c1-14(15-8-3-2-4-9-15)19-13-6-5-11-17(19)16-10-7-12-18(16)20/h2-4,8-9,14,16-18,20H,5-7,10-13H2,1H3. The minimum Gasteiger partial charge on any atom is -0.393 e. The third-order valence-electron chi connectivity index (χ3n) is 5.40. The van der Waals surface area contributed by atoms with E-state index < -0.39 is 0 Å². The summed E-state index contributed by atoms with van der Waals surface area (Å²) in [5, 5.41) is 10.3. The van der Waals surface area contributed by atoms with Crippen molar-refractivity contribution in [2.75, 3.05) is 6.54 Å². The fourth-order valence-electron chi connectivity index (χ4n) is 4.26. The maximum Gasteiger partial charge on any atom is 0.0583 e. The monoisotopic (exact) mass is 273 g/mol. The van der Waals surface area contributed by atoms with Crippen molar-refractivity contribution in [2.24, 2.45) is 5.92 Å². The molecule has 1 aromatic carbocycles. The van der Waals surface area contributed by atoms with Gasteiger partial charge in [0.15, 0.2) is 0 Å². The predicted octanol–water partition coefficient (Wildman–Crippen LogP) is 3.76. The quantitative estimate of drug-likeness (QED) is 0.906. The molecular weight excluding hydrogens is 246 g/mol. The van der Waals surface area contributed by atoms with Gasteiger partial charge in [0.1, 0.15) is 0 Å². The highest BCUT2D eigenvalue weighted by Gasteiger charge is 2.38. The second-order valence-electron chi connectivity index (χ2n) is 6.55. The Morgan fingerprint density at radius 1 is 1.05 bits per heavy atom. The normalized spacial score (nSPS) is 33.2. The van der Waals surface area contributed by atoms with Gasteiger partial charge in [-0.1, -0.05) is 43.2 Å². The molecule has 1 saturated heterocycles. The van der Waals surface area contributed by atoms with E-state index in [9.17, 15) is 5.11 Å². The molecule has 0 aromatic heterocycles. The summed E-state index contributed by atoms with van der Waals surface area (Å²) in [6, 6.07) is 11.9. The Labute approximate surface area is 122 Å². The number of aliphatic hydroxyl groups is 1. The van der Waals surface area contributed by atoms with Crippen LogP contribution in [-0.2, 0) is 0 Å². The molecule has 0 bridgehead atoms. The zero-order valence-electron chi connectivity index (χ0n) is 12.5. The Morgan fingerprint density at radius 2 is 1.85 bits per heavy atom. The molecule has 1 aliphatic heterocycles. The van der Waals surface area contributed by atoms with Gasteiger partial charge in [0.2, 0.25) is 0 Å². The summed E-state index contributed by atoms with van der Waals surface area (Å²) in [5.74, 6) is 0.501. The molecule has 20 heavy (non-hydrogen) atoms. The number of rotatable bonds is 3. The lowest BCUT2D eigenvalue weighted by Gasteiger charge is -2.44. The zero-order chi connectivity index (χ0) is 13.9. The molecule has 3 rings (SSSR count). The molecule has 4 unspecified atom stereocenters. The molecule has 2 heteroatoms. The van der Waals surface area contributed by atoms with E-state index in [4.69, 9.17) is 0 Å². The molecular formula is C18H27NO. The lowest BCUT2D eigenvalue weighted by molar-refractivity contribution is 0.0149. The van der Waals surface area contributed by atoms with Crippen LogP contribution in [0.3, 0.4) is 0 Å².